The molecule has 8 rings (SSSR count). The van der Waals surface area contributed by atoms with Crippen LogP contribution in [0, 0.1) is 50.7 Å². The van der Waals surface area contributed by atoms with Gasteiger partial charge in [0.2, 0.25) is 0 Å². The Hall–Kier alpha value is -0.360. The van der Waals surface area contributed by atoms with Gasteiger partial charge in [-0.15, -0.1) is 0 Å². The van der Waals surface area contributed by atoms with Gasteiger partial charge in [0.05, 0.1) is 24.4 Å². The zero-order chi connectivity index (χ0) is 32.3. The zero-order valence-electron chi connectivity index (χ0n) is 28.6. The number of aliphatic hydroxyl groups excluding tert-OH is 4. The molecule has 2 bridgehead atoms. The van der Waals surface area contributed by atoms with Crippen molar-refractivity contribution in [3.05, 3.63) is 0 Å². The third-order valence-electron chi connectivity index (χ3n) is 16.4. The number of fused-ring (bicyclic) bond motifs is 4. The molecule has 45 heavy (non-hydrogen) atoms. The highest BCUT2D eigenvalue weighted by Gasteiger charge is 2.88. The predicted molar refractivity (Wildman–Crippen MR) is 164 cm³/mol. The van der Waals surface area contributed by atoms with Gasteiger partial charge in [-0.3, -0.25) is 0 Å². The topological polar surface area (TPSA) is 127 Å². The predicted octanol–water partition coefficient (Wildman–Crippen LogP) is 3.78. The molecular formula is C36H58O9. The lowest BCUT2D eigenvalue weighted by molar-refractivity contribution is -0.303. The van der Waals surface area contributed by atoms with Gasteiger partial charge in [0, 0.05) is 18.4 Å². The third kappa shape index (κ3) is 3.57. The van der Waals surface area contributed by atoms with E-state index in [0.717, 1.165) is 38.5 Å². The first-order valence-electron chi connectivity index (χ1n) is 17.9. The second kappa shape index (κ2) is 9.45. The Labute approximate surface area is 268 Å². The molecule has 5 saturated carbocycles. The quantitative estimate of drug-likeness (QED) is 0.342. The van der Waals surface area contributed by atoms with Crippen molar-refractivity contribution < 1.29 is 44.1 Å². The van der Waals surface area contributed by atoms with Gasteiger partial charge in [0.1, 0.15) is 30.5 Å². The average molecular weight is 635 g/mol. The largest absolute Gasteiger partial charge is 0.388 e. The molecule has 9 heteroatoms. The third-order valence-corrected chi connectivity index (χ3v) is 16.4. The van der Waals surface area contributed by atoms with E-state index in [-0.39, 0.29) is 57.9 Å². The van der Waals surface area contributed by atoms with E-state index in [4.69, 9.17) is 23.7 Å². The lowest BCUT2D eigenvalue weighted by atomic mass is 9.41. The van der Waals surface area contributed by atoms with E-state index in [0.29, 0.717) is 17.8 Å². The summed E-state index contributed by atoms with van der Waals surface area (Å²) < 4.78 is 32.1. The SMILES string of the molecule is COC(C)(C)[C@@H]1O[C@@]23OC1CC(C)C2[C@@]1(C)CCC24CC25CC[C@H](O[C@H]2OC[C@H](O)[C@H](O)[C@H]2O)C(C)(C)C5CCC4[C@]1(C)[C@H]3O. The average Bonchev–Trinajstić information content (AvgIpc) is 3.50. The van der Waals surface area contributed by atoms with Crippen molar-refractivity contribution in [2.24, 2.45) is 50.7 Å². The van der Waals surface area contributed by atoms with Crippen molar-refractivity contribution in [3.63, 3.8) is 0 Å². The summed E-state index contributed by atoms with van der Waals surface area (Å²) in [5.74, 6) is 0.346. The van der Waals surface area contributed by atoms with Gasteiger partial charge in [0.25, 0.3) is 0 Å². The molecule has 4 N–H and O–H groups in total. The fraction of sp³-hybridized carbons (Fsp3) is 1.00. The maximum absolute atomic E-state index is 12.8. The molecule has 8 aliphatic rings. The van der Waals surface area contributed by atoms with Crippen LogP contribution in [0.25, 0.3) is 0 Å². The Morgan fingerprint density at radius 1 is 0.844 bits per heavy atom. The summed E-state index contributed by atoms with van der Waals surface area (Å²) in [7, 11) is 1.74. The maximum Gasteiger partial charge on any atom is 0.199 e. The monoisotopic (exact) mass is 634 g/mol. The number of rotatable bonds is 4. The molecule has 0 radical (unpaired) electrons. The number of methoxy groups -OCH3 is 1. The van der Waals surface area contributed by atoms with Gasteiger partial charge in [-0.2, -0.15) is 0 Å². The molecular weight excluding hydrogens is 576 g/mol. The van der Waals surface area contributed by atoms with E-state index in [1.807, 2.05) is 0 Å². The summed E-state index contributed by atoms with van der Waals surface area (Å²) in [6.45, 7) is 16.0. The Kier molecular flexibility index (Phi) is 6.69. The fourth-order valence-electron chi connectivity index (χ4n) is 14.1. The van der Waals surface area contributed by atoms with Crippen molar-refractivity contribution in [2.45, 2.75) is 160 Å². The van der Waals surface area contributed by atoms with Crippen LogP contribution >= 0.6 is 0 Å². The number of aliphatic hydroxyl groups is 4. The molecule has 0 aromatic rings. The van der Waals surface area contributed by atoms with Gasteiger partial charge in [0.15, 0.2) is 12.1 Å². The van der Waals surface area contributed by atoms with Crippen molar-refractivity contribution >= 4 is 0 Å². The van der Waals surface area contributed by atoms with Gasteiger partial charge in [-0.25, -0.2) is 0 Å². The molecule has 17 atom stereocenters. The van der Waals surface area contributed by atoms with E-state index in [1.54, 1.807) is 7.11 Å². The van der Waals surface area contributed by atoms with E-state index in [9.17, 15) is 20.4 Å². The van der Waals surface area contributed by atoms with Crippen molar-refractivity contribution in [1.29, 1.82) is 0 Å². The van der Waals surface area contributed by atoms with Crippen LogP contribution in [0.1, 0.15) is 99.8 Å². The minimum absolute atomic E-state index is 0.0487. The Morgan fingerprint density at radius 3 is 2.24 bits per heavy atom. The van der Waals surface area contributed by atoms with Gasteiger partial charge in [-0.05, 0) is 105 Å². The molecule has 5 aliphatic carbocycles. The minimum Gasteiger partial charge on any atom is -0.388 e. The highest BCUT2D eigenvalue weighted by molar-refractivity contribution is 5.34. The smallest absolute Gasteiger partial charge is 0.199 e. The summed E-state index contributed by atoms with van der Waals surface area (Å²) in [5, 5.41) is 43.6. The van der Waals surface area contributed by atoms with Crippen LogP contribution in [-0.2, 0) is 23.7 Å². The molecule has 0 aromatic carbocycles. The molecule has 7 unspecified atom stereocenters. The van der Waals surface area contributed by atoms with E-state index in [2.05, 4.69) is 48.5 Å². The van der Waals surface area contributed by atoms with Gasteiger partial charge >= 0.3 is 0 Å². The summed E-state index contributed by atoms with van der Waals surface area (Å²) in [6, 6.07) is 0. The van der Waals surface area contributed by atoms with Crippen LogP contribution in [0.3, 0.4) is 0 Å². The van der Waals surface area contributed by atoms with Crippen molar-refractivity contribution in [3.8, 4) is 0 Å². The highest BCUT2D eigenvalue weighted by Crippen LogP contribution is 2.90. The first-order chi connectivity index (χ1) is 21.0. The molecule has 9 nitrogen and oxygen atoms in total. The molecule has 8 fully saturated rings. The second-order valence-electron chi connectivity index (χ2n) is 18.4. The van der Waals surface area contributed by atoms with Crippen LogP contribution < -0.4 is 0 Å². The Balaban J connectivity index is 1.10. The van der Waals surface area contributed by atoms with Crippen LogP contribution in [0.4, 0.5) is 0 Å². The van der Waals surface area contributed by atoms with Crippen LogP contribution in [-0.4, -0.2) is 94.5 Å². The molecule has 0 amide bonds. The Morgan fingerprint density at radius 2 is 1.53 bits per heavy atom. The van der Waals surface area contributed by atoms with Crippen LogP contribution in [0.2, 0.25) is 0 Å². The molecule has 3 heterocycles. The second-order valence-corrected chi connectivity index (χ2v) is 18.4. The summed E-state index contributed by atoms with van der Waals surface area (Å²) in [4.78, 5) is 0. The minimum atomic E-state index is -1.28. The Bertz CT molecular complexity index is 1220. The highest BCUT2D eigenvalue weighted by atomic mass is 16.8. The van der Waals surface area contributed by atoms with Crippen molar-refractivity contribution in [1.82, 2.24) is 0 Å². The van der Waals surface area contributed by atoms with Crippen LogP contribution in [0.5, 0.6) is 0 Å². The van der Waals surface area contributed by atoms with E-state index in [1.165, 1.54) is 12.8 Å². The van der Waals surface area contributed by atoms with E-state index >= 15 is 0 Å². The summed E-state index contributed by atoms with van der Waals surface area (Å²) in [6.07, 6.45) is 2.70. The lowest BCUT2D eigenvalue weighted by Crippen LogP contribution is -2.61. The molecule has 3 saturated heterocycles. The van der Waals surface area contributed by atoms with Crippen molar-refractivity contribution in [2.75, 3.05) is 13.7 Å². The number of hydrogen-bond acceptors (Lipinski definition) is 9. The molecule has 0 aromatic heterocycles. The summed E-state index contributed by atoms with van der Waals surface area (Å²) in [5.41, 5.74) is -0.717. The van der Waals surface area contributed by atoms with E-state index < -0.39 is 42.1 Å². The van der Waals surface area contributed by atoms with Gasteiger partial charge < -0.3 is 44.1 Å². The normalized spacial score (nSPS) is 61.1. The standard InChI is InChI=1S/C36H58O9/c1-18-15-20-27(31(4,5)41-8)45-36(44-20)26(18)32(6)13-14-35-17-34(35)12-11-23(43-28-25(39)24(38)19(37)16-42-28)30(2,3)21(34)9-10-22(35)33(32,7)29(36)40/h18-29,37-40H,9-17H2,1-8H3/t18?,19-,20?,21?,22?,23-,24-,25+,26?,27+,28+,29+,32+,33+,34?,35?,36-/m0/s1. The van der Waals surface area contributed by atoms with Gasteiger partial charge in [-0.1, -0.05) is 34.6 Å². The first kappa shape index (κ1) is 31.9. The molecule has 3 aliphatic heterocycles. The first-order valence-corrected chi connectivity index (χ1v) is 17.9. The fourth-order valence-corrected chi connectivity index (χ4v) is 14.1. The summed E-state index contributed by atoms with van der Waals surface area (Å²) >= 11 is 0. The van der Waals surface area contributed by atoms with Crippen LogP contribution in [0.15, 0.2) is 0 Å². The number of ether oxygens (including phenoxy) is 5. The molecule has 256 valence electrons. The number of hydrogen-bond donors (Lipinski definition) is 4. The molecule has 3 spiro atoms. The maximum atomic E-state index is 12.8. The lowest BCUT2D eigenvalue weighted by Gasteiger charge is -2.63. The zero-order valence-corrected chi connectivity index (χ0v) is 28.6.